The van der Waals surface area contributed by atoms with Crippen LogP contribution in [0.4, 0.5) is 4.79 Å². The van der Waals surface area contributed by atoms with Crippen LogP contribution in [0.5, 0.6) is 0 Å². The molecule has 3 aromatic rings. The van der Waals surface area contributed by atoms with Gasteiger partial charge in [0.15, 0.2) is 0 Å². The number of fused-ring (bicyclic) bond motifs is 1. The summed E-state index contributed by atoms with van der Waals surface area (Å²) < 4.78 is 35.5. The third kappa shape index (κ3) is 5.39. The molecule has 2 saturated heterocycles. The molecule has 38 heavy (non-hydrogen) atoms. The van der Waals surface area contributed by atoms with Crippen molar-refractivity contribution in [2.45, 2.75) is 50.7 Å². The summed E-state index contributed by atoms with van der Waals surface area (Å²) in [5, 5.41) is 2.87. The molecule has 1 unspecified atom stereocenters. The standard InChI is InChI=1S/C27H33N5O5S/c1-26(2,3)37-25(34)31-13-10-27(18-31)11-14-32(19-27)38(35,36)22-7-4-20(5-8-22)16-29-24(33)21-6-9-23-28-12-15-30(23)17-21/h4-9,12,15,17H,10-11,13-14,16,18-19H2,1-3H3,(H,29,33). The highest BCUT2D eigenvalue weighted by atomic mass is 32.2. The van der Waals surface area contributed by atoms with Crippen LogP contribution in [0.25, 0.3) is 5.65 Å². The van der Waals surface area contributed by atoms with Crippen molar-refractivity contribution in [3.63, 3.8) is 0 Å². The van der Waals surface area contributed by atoms with E-state index in [1.165, 1.54) is 4.31 Å². The molecule has 2 aliphatic rings. The number of aromatic nitrogens is 2. The minimum absolute atomic E-state index is 0.220. The molecule has 2 aliphatic heterocycles. The maximum Gasteiger partial charge on any atom is 0.410 e. The van der Waals surface area contributed by atoms with Crippen LogP contribution in [0, 0.1) is 5.41 Å². The zero-order valence-corrected chi connectivity index (χ0v) is 22.7. The summed E-state index contributed by atoms with van der Waals surface area (Å²) in [6.45, 7) is 7.65. The van der Waals surface area contributed by atoms with Gasteiger partial charge in [-0.05, 0) is 63.4 Å². The number of benzene rings is 1. The molecule has 2 aromatic heterocycles. The SMILES string of the molecule is CC(C)(C)OC(=O)N1CCC2(CCN(S(=O)(=O)c3ccc(CNC(=O)c4ccc5nccn5c4)cc3)C2)C1. The van der Waals surface area contributed by atoms with Gasteiger partial charge >= 0.3 is 6.09 Å². The molecular weight excluding hydrogens is 506 g/mol. The molecule has 0 bridgehead atoms. The Morgan fingerprint density at radius 1 is 1.05 bits per heavy atom. The first-order valence-electron chi connectivity index (χ1n) is 12.7. The van der Waals surface area contributed by atoms with Crippen LogP contribution in [0.3, 0.4) is 0 Å². The minimum atomic E-state index is -3.67. The fourth-order valence-corrected chi connectivity index (χ4v) is 6.67. The van der Waals surface area contributed by atoms with Crippen molar-refractivity contribution in [3.05, 3.63) is 66.1 Å². The van der Waals surface area contributed by atoms with Gasteiger partial charge in [0, 0.05) is 56.7 Å². The number of nitrogens with zero attached hydrogens (tertiary/aromatic N) is 4. The zero-order valence-electron chi connectivity index (χ0n) is 21.9. The Morgan fingerprint density at radius 2 is 1.79 bits per heavy atom. The molecule has 1 N–H and O–H groups in total. The number of rotatable bonds is 5. The second kappa shape index (κ2) is 9.70. The first-order valence-corrected chi connectivity index (χ1v) is 14.2. The molecular formula is C27H33N5O5S. The highest BCUT2D eigenvalue weighted by molar-refractivity contribution is 7.89. The van der Waals surface area contributed by atoms with Crippen LogP contribution in [0.1, 0.15) is 49.5 Å². The molecule has 0 aliphatic carbocycles. The summed E-state index contributed by atoms with van der Waals surface area (Å²) in [7, 11) is -3.67. The largest absolute Gasteiger partial charge is 0.444 e. The third-order valence-electron chi connectivity index (χ3n) is 7.16. The molecule has 202 valence electrons. The smallest absolute Gasteiger partial charge is 0.410 e. The van der Waals surface area contributed by atoms with Crippen LogP contribution in [0.2, 0.25) is 0 Å². The Kier molecular flexibility index (Phi) is 6.68. The average molecular weight is 540 g/mol. The van der Waals surface area contributed by atoms with Gasteiger partial charge in [-0.2, -0.15) is 4.31 Å². The fraction of sp³-hybridized carbons (Fsp3) is 0.444. The summed E-state index contributed by atoms with van der Waals surface area (Å²) in [5.74, 6) is -0.225. The maximum atomic E-state index is 13.4. The number of sulfonamides is 1. The van der Waals surface area contributed by atoms with Crippen molar-refractivity contribution in [1.82, 2.24) is 23.9 Å². The second-order valence-corrected chi connectivity index (χ2v) is 13.1. The quantitative estimate of drug-likeness (QED) is 0.532. The van der Waals surface area contributed by atoms with Gasteiger partial charge < -0.3 is 19.4 Å². The number of nitrogens with one attached hydrogen (secondary N) is 1. The lowest BCUT2D eigenvalue weighted by Crippen LogP contribution is -2.38. The minimum Gasteiger partial charge on any atom is -0.444 e. The van der Waals surface area contributed by atoms with Crippen LogP contribution in [-0.4, -0.2) is 70.8 Å². The van der Waals surface area contributed by atoms with E-state index in [1.807, 2.05) is 20.8 Å². The van der Waals surface area contributed by atoms with E-state index in [-0.39, 0.29) is 28.9 Å². The van der Waals surface area contributed by atoms with E-state index in [9.17, 15) is 18.0 Å². The van der Waals surface area contributed by atoms with E-state index in [2.05, 4.69) is 10.3 Å². The van der Waals surface area contributed by atoms with E-state index in [1.54, 1.807) is 64.3 Å². The molecule has 0 radical (unpaired) electrons. The third-order valence-corrected chi connectivity index (χ3v) is 9.02. The molecule has 2 fully saturated rings. The number of carbonyl (C=O) groups is 2. The average Bonchev–Trinajstić information content (AvgIpc) is 3.62. The van der Waals surface area contributed by atoms with Gasteiger partial charge in [0.2, 0.25) is 10.0 Å². The van der Waals surface area contributed by atoms with Gasteiger partial charge in [0.25, 0.3) is 5.91 Å². The number of carbonyl (C=O) groups excluding carboxylic acids is 2. The summed E-state index contributed by atoms with van der Waals surface area (Å²) in [4.78, 5) is 31.1. The Hall–Kier alpha value is -3.44. The number of ether oxygens (including phenoxy) is 1. The van der Waals surface area contributed by atoms with Crippen molar-refractivity contribution in [3.8, 4) is 0 Å². The van der Waals surface area contributed by atoms with E-state index < -0.39 is 15.6 Å². The topological polar surface area (TPSA) is 113 Å². The van der Waals surface area contributed by atoms with Crippen molar-refractivity contribution in [2.24, 2.45) is 5.41 Å². The predicted molar refractivity (Wildman–Crippen MR) is 141 cm³/mol. The van der Waals surface area contributed by atoms with Crippen molar-refractivity contribution in [1.29, 1.82) is 0 Å². The zero-order chi connectivity index (χ0) is 27.1. The lowest BCUT2D eigenvalue weighted by Gasteiger charge is -2.27. The Labute approximate surface area is 222 Å². The second-order valence-electron chi connectivity index (χ2n) is 11.2. The molecule has 0 saturated carbocycles. The maximum absolute atomic E-state index is 13.4. The Balaban J connectivity index is 1.18. The number of amides is 2. The van der Waals surface area contributed by atoms with Gasteiger partial charge in [0.1, 0.15) is 11.2 Å². The molecule has 2 amide bonds. The normalized spacial score (nSPS) is 20.3. The van der Waals surface area contributed by atoms with Crippen LogP contribution in [-0.2, 0) is 21.3 Å². The number of pyridine rings is 1. The van der Waals surface area contributed by atoms with Gasteiger partial charge in [-0.1, -0.05) is 12.1 Å². The molecule has 1 atom stereocenters. The molecule has 1 aromatic carbocycles. The first kappa shape index (κ1) is 26.2. The highest BCUT2D eigenvalue weighted by Gasteiger charge is 2.48. The van der Waals surface area contributed by atoms with Crippen molar-refractivity contribution < 1.29 is 22.7 Å². The van der Waals surface area contributed by atoms with E-state index >= 15 is 0 Å². The Morgan fingerprint density at radius 3 is 2.53 bits per heavy atom. The fourth-order valence-electron chi connectivity index (χ4n) is 5.12. The summed E-state index contributed by atoms with van der Waals surface area (Å²) in [6, 6.07) is 10.1. The summed E-state index contributed by atoms with van der Waals surface area (Å²) in [6.07, 6.45) is 6.28. The van der Waals surface area contributed by atoms with Crippen LogP contribution in [0.15, 0.2) is 59.9 Å². The lowest BCUT2D eigenvalue weighted by molar-refractivity contribution is 0.0275. The molecule has 4 heterocycles. The Bertz CT molecular complexity index is 1460. The van der Waals surface area contributed by atoms with E-state index in [4.69, 9.17) is 4.74 Å². The van der Waals surface area contributed by atoms with Crippen molar-refractivity contribution >= 4 is 27.7 Å². The van der Waals surface area contributed by atoms with E-state index in [0.29, 0.717) is 38.2 Å². The molecule has 10 nitrogen and oxygen atoms in total. The predicted octanol–water partition coefficient (Wildman–Crippen LogP) is 3.29. The van der Waals surface area contributed by atoms with Gasteiger partial charge in [-0.25, -0.2) is 18.2 Å². The first-order chi connectivity index (χ1) is 17.9. The molecule has 11 heteroatoms. The number of hydrogen-bond donors (Lipinski definition) is 1. The van der Waals surface area contributed by atoms with Gasteiger partial charge in [-0.3, -0.25) is 4.79 Å². The number of likely N-dealkylation sites (tertiary alicyclic amines) is 1. The van der Waals surface area contributed by atoms with Crippen LogP contribution >= 0.6 is 0 Å². The van der Waals surface area contributed by atoms with Crippen LogP contribution < -0.4 is 5.32 Å². The number of hydrogen-bond acceptors (Lipinski definition) is 6. The van der Waals surface area contributed by atoms with Crippen molar-refractivity contribution in [2.75, 3.05) is 26.2 Å². The summed E-state index contributed by atoms with van der Waals surface area (Å²) in [5.41, 5.74) is 1.25. The monoisotopic (exact) mass is 539 g/mol. The molecule has 5 rings (SSSR count). The van der Waals surface area contributed by atoms with Gasteiger partial charge in [-0.15, -0.1) is 0 Å². The highest BCUT2D eigenvalue weighted by Crippen LogP contribution is 2.41. The van der Waals surface area contributed by atoms with Gasteiger partial charge in [0.05, 0.1) is 10.5 Å². The molecule has 1 spiro atoms. The number of imidazole rings is 1. The summed E-state index contributed by atoms with van der Waals surface area (Å²) >= 11 is 0. The van der Waals surface area contributed by atoms with E-state index in [0.717, 1.165) is 17.6 Å². The lowest BCUT2D eigenvalue weighted by atomic mass is 9.87.